The molecule has 1 amide bonds. The van der Waals surface area contributed by atoms with Gasteiger partial charge in [-0.2, -0.15) is 0 Å². The third kappa shape index (κ3) is 3.57. The summed E-state index contributed by atoms with van der Waals surface area (Å²) in [5.41, 5.74) is 5.14. The van der Waals surface area contributed by atoms with Crippen LogP contribution in [0, 0.1) is 11.6 Å². The second-order valence-corrected chi connectivity index (χ2v) is 10.3. The summed E-state index contributed by atoms with van der Waals surface area (Å²) in [5, 5.41) is 13.4. The average molecular weight is 529 g/mol. The molecule has 0 bridgehead atoms. The largest absolute Gasteiger partial charge is 0.480 e. The highest BCUT2D eigenvalue weighted by Gasteiger charge is 2.50. The Morgan fingerprint density at radius 2 is 1.95 bits per heavy atom. The summed E-state index contributed by atoms with van der Waals surface area (Å²) in [6, 6.07) is 11.8. The first-order valence-electron chi connectivity index (χ1n) is 12.2. The van der Waals surface area contributed by atoms with Crippen molar-refractivity contribution < 1.29 is 27.8 Å². The molecule has 3 aromatic carbocycles. The van der Waals surface area contributed by atoms with E-state index < -0.39 is 40.4 Å². The standard InChI is InChI=1S/C28H24ClF3N2O3/c29-24-17(30)11-19-16(12-28(37-19,20-7-4-8-34-20)14-5-2-1-3-6-14)22(24)23-15(27(33)36)9-13-10-18(31)26(35)21(13)25(23)32/h1-3,5-6,9,11,18,20,26,34-35H,4,7-8,10,12H2,(H2,33,36)/t18?,20-,26?,28-/m0/s1. The maximum atomic E-state index is 16.1. The lowest BCUT2D eigenvalue weighted by Crippen LogP contribution is -2.48. The lowest BCUT2D eigenvalue weighted by molar-refractivity contribution is 0.0539. The Kier molecular flexibility index (Phi) is 5.74. The molecule has 37 heavy (non-hydrogen) atoms. The van der Waals surface area contributed by atoms with Crippen LogP contribution < -0.4 is 15.8 Å². The molecule has 2 heterocycles. The van der Waals surface area contributed by atoms with Crippen LogP contribution in [0.3, 0.4) is 0 Å². The fourth-order valence-corrected chi connectivity index (χ4v) is 6.43. The van der Waals surface area contributed by atoms with Crippen LogP contribution >= 0.6 is 11.6 Å². The number of primary amides is 1. The Balaban J connectivity index is 1.61. The molecule has 1 fully saturated rings. The van der Waals surface area contributed by atoms with E-state index in [1.807, 2.05) is 30.3 Å². The number of alkyl halides is 1. The molecule has 0 aromatic heterocycles. The summed E-state index contributed by atoms with van der Waals surface area (Å²) in [5.74, 6) is -2.70. The number of amides is 1. The van der Waals surface area contributed by atoms with Crippen molar-refractivity contribution in [2.75, 3.05) is 6.54 Å². The van der Waals surface area contributed by atoms with E-state index in [9.17, 15) is 14.3 Å². The number of nitrogens with two attached hydrogens (primary N) is 1. The van der Waals surface area contributed by atoms with Crippen LogP contribution in [-0.2, 0) is 18.4 Å². The number of nitrogens with one attached hydrogen (secondary N) is 1. The molecule has 3 aliphatic rings. The van der Waals surface area contributed by atoms with E-state index in [-0.39, 0.29) is 52.5 Å². The molecule has 2 aliphatic heterocycles. The van der Waals surface area contributed by atoms with Gasteiger partial charge >= 0.3 is 0 Å². The maximum Gasteiger partial charge on any atom is 0.249 e. The second-order valence-electron chi connectivity index (χ2n) is 9.92. The lowest BCUT2D eigenvalue weighted by Gasteiger charge is -2.35. The van der Waals surface area contributed by atoms with Crippen LogP contribution in [0.15, 0.2) is 42.5 Å². The molecule has 3 aromatic rings. The smallest absolute Gasteiger partial charge is 0.249 e. The first kappa shape index (κ1) is 24.3. The topological polar surface area (TPSA) is 84.6 Å². The van der Waals surface area contributed by atoms with Gasteiger partial charge in [-0.15, -0.1) is 0 Å². The van der Waals surface area contributed by atoms with E-state index in [2.05, 4.69) is 5.32 Å². The van der Waals surface area contributed by atoms with Gasteiger partial charge in [-0.1, -0.05) is 41.9 Å². The Hall–Kier alpha value is -3.07. The molecular formula is C28H24ClF3N2O3. The predicted molar refractivity (Wildman–Crippen MR) is 132 cm³/mol. The number of hydrogen-bond donors (Lipinski definition) is 3. The highest BCUT2D eigenvalue weighted by Crippen LogP contribution is 2.53. The molecule has 2 unspecified atom stereocenters. The molecule has 0 spiro atoms. The fraction of sp³-hybridized carbons (Fsp3) is 0.321. The lowest BCUT2D eigenvalue weighted by atomic mass is 9.80. The number of benzene rings is 3. The summed E-state index contributed by atoms with van der Waals surface area (Å²) < 4.78 is 52.2. The van der Waals surface area contributed by atoms with Crippen LogP contribution in [0.5, 0.6) is 5.75 Å². The summed E-state index contributed by atoms with van der Waals surface area (Å²) in [4.78, 5) is 12.5. The summed E-state index contributed by atoms with van der Waals surface area (Å²) in [6.45, 7) is 0.786. The highest BCUT2D eigenvalue weighted by atomic mass is 35.5. The summed E-state index contributed by atoms with van der Waals surface area (Å²) in [7, 11) is 0. The van der Waals surface area contributed by atoms with Gasteiger partial charge in [-0.3, -0.25) is 4.79 Å². The van der Waals surface area contributed by atoms with Crippen LogP contribution in [0.4, 0.5) is 13.2 Å². The quantitative estimate of drug-likeness (QED) is 0.450. The number of halogens is 4. The van der Waals surface area contributed by atoms with E-state index in [4.69, 9.17) is 22.1 Å². The average Bonchev–Trinajstić information content (AvgIpc) is 3.60. The molecule has 5 nitrogen and oxygen atoms in total. The van der Waals surface area contributed by atoms with Crippen LogP contribution in [0.25, 0.3) is 11.1 Å². The zero-order chi connectivity index (χ0) is 26.1. The minimum Gasteiger partial charge on any atom is -0.480 e. The third-order valence-corrected chi connectivity index (χ3v) is 8.23. The minimum absolute atomic E-state index is 0.0731. The molecule has 6 rings (SSSR count). The molecule has 0 saturated carbocycles. The number of ether oxygens (including phenoxy) is 1. The second kappa shape index (κ2) is 8.75. The number of aliphatic hydroxyl groups is 1. The van der Waals surface area contributed by atoms with Crippen molar-refractivity contribution in [3.05, 3.63) is 86.9 Å². The molecular weight excluding hydrogens is 505 g/mol. The molecule has 0 radical (unpaired) electrons. The molecule has 9 heteroatoms. The van der Waals surface area contributed by atoms with Crippen molar-refractivity contribution in [2.24, 2.45) is 5.73 Å². The van der Waals surface area contributed by atoms with Crippen molar-refractivity contribution in [3.63, 3.8) is 0 Å². The molecule has 4 N–H and O–H groups in total. The van der Waals surface area contributed by atoms with Gasteiger partial charge in [0.1, 0.15) is 29.7 Å². The number of carbonyl (C=O) groups excluding carboxylic acids is 1. The Labute approximate surface area is 216 Å². The van der Waals surface area contributed by atoms with E-state index >= 15 is 8.78 Å². The Morgan fingerprint density at radius 1 is 1.19 bits per heavy atom. The minimum atomic E-state index is -1.74. The van der Waals surface area contributed by atoms with Crippen molar-refractivity contribution in [3.8, 4) is 16.9 Å². The fourth-order valence-electron chi connectivity index (χ4n) is 6.17. The molecule has 1 aliphatic carbocycles. The van der Waals surface area contributed by atoms with Crippen molar-refractivity contribution in [1.29, 1.82) is 0 Å². The Bertz CT molecular complexity index is 1430. The van der Waals surface area contributed by atoms with E-state index in [1.54, 1.807) is 0 Å². The monoisotopic (exact) mass is 528 g/mol. The van der Waals surface area contributed by atoms with Gasteiger partial charge in [-0.25, -0.2) is 13.2 Å². The molecule has 4 atom stereocenters. The molecule has 192 valence electrons. The summed E-state index contributed by atoms with van der Waals surface area (Å²) >= 11 is 6.47. The van der Waals surface area contributed by atoms with Crippen molar-refractivity contribution in [2.45, 2.75) is 49.6 Å². The number of fused-ring (bicyclic) bond motifs is 2. The first-order chi connectivity index (χ1) is 17.7. The normalized spacial score (nSPS) is 26.1. The Morgan fingerprint density at radius 3 is 2.62 bits per heavy atom. The number of hydrogen-bond acceptors (Lipinski definition) is 4. The van der Waals surface area contributed by atoms with Gasteiger partial charge in [0.25, 0.3) is 0 Å². The SMILES string of the molecule is NC(=O)c1cc2c(c(F)c1-c1c(Cl)c(F)cc3c1C[C@](c1ccccc1)([C@@H]1CCCN1)O3)C(O)C(F)C2. The first-order valence-corrected chi connectivity index (χ1v) is 12.6. The van der Waals surface area contributed by atoms with Gasteiger partial charge in [0.15, 0.2) is 5.60 Å². The maximum absolute atomic E-state index is 16.1. The van der Waals surface area contributed by atoms with Gasteiger partial charge in [0.05, 0.1) is 16.6 Å². The van der Waals surface area contributed by atoms with Gasteiger partial charge in [-0.05, 0) is 36.6 Å². The highest BCUT2D eigenvalue weighted by molar-refractivity contribution is 6.34. The summed E-state index contributed by atoms with van der Waals surface area (Å²) in [6.07, 6.45) is -1.79. The van der Waals surface area contributed by atoms with Gasteiger partial charge in [0, 0.05) is 41.2 Å². The van der Waals surface area contributed by atoms with E-state index in [1.165, 1.54) is 12.1 Å². The zero-order valence-corrected chi connectivity index (χ0v) is 20.4. The van der Waals surface area contributed by atoms with Crippen LogP contribution in [0.1, 0.15) is 51.6 Å². The molecule has 1 saturated heterocycles. The van der Waals surface area contributed by atoms with E-state index in [0.717, 1.165) is 24.9 Å². The van der Waals surface area contributed by atoms with Crippen LogP contribution in [-0.4, -0.2) is 29.8 Å². The van der Waals surface area contributed by atoms with Crippen LogP contribution in [0.2, 0.25) is 5.02 Å². The van der Waals surface area contributed by atoms with Gasteiger partial charge in [0.2, 0.25) is 5.91 Å². The third-order valence-electron chi connectivity index (χ3n) is 7.86. The zero-order valence-electron chi connectivity index (χ0n) is 19.7. The van der Waals surface area contributed by atoms with Crippen molar-refractivity contribution >= 4 is 17.5 Å². The van der Waals surface area contributed by atoms with E-state index in [0.29, 0.717) is 5.56 Å². The number of rotatable bonds is 4. The van der Waals surface area contributed by atoms with Gasteiger partial charge < -0.3 is 20.9 Å². The van der Waals surface area contributed by atoms with Crippen molar-refractivity contribution in [1.82, 2.24) is 5.32 Å². The number of carbonyl (C=O) groups is 1. The number of aliphatic hydroxyl groups excluding tert-OH is 1. The predicted octanol–water partition coefficient (Wildman–Crippen LogP) is 4.89.